The largest absolute Gasteiger partial charge is 0.504 e. The number of nitrogens with one attached hydrogen (secondary N) is 1. The molecule has 0 heterocycles. The first-order chi connectivity index (χ1) is 12.0. The van der Waals surface area contributed by atoms with Gasteiger partial charge in [-0.15, -0.1) is 0 Å². The summed E-state index contributed by atoms with van der Waals surface area (Å²) in [5, 5.41) is 21.8. The molecule has 0 spiro atoms. The first-order valence-electron chi connectivity index (χ1n) is 7.93. The lowest BCUT2D eigenvalue weighted by molar-refractivity contribution is -0.137. The molecule has 2 aromatic carbocycles. The monoisotopic (exact) mass is 343 g/mol. The maximum atomic E-state index is 12.5. The highest BCUT2D eigenvalue weighted by molar-refractivity contribution is 5.97. The second kappa shape index (κ2) is 8.73. The Hall–Kier alpha value is -3.02. The van der Waals surface area contributed by atoms with Crippen LogP contribution >= 0.6 is 0 Å². The summed E-state index contributed by atoms with van der Waals surface area (Å²) in [6.07, 6.45) is 0.743. The number of hydrogen-bond donors (Lipinski definition) is 3. The van der Waals surface area contributed by atoms with Crippen molar-refractivity contribution in [2.75, 3.05) is 7.11 Å². The molecule has 0 fully saturated rings. The molecule has 2 aromatic rings. The van der Waals surface area contributed by atoms with Gasteiger partial charge in [0, 0.05) is 12.5 Å². The predicted octanol–water partition coefficient (Wildman–Crippen LogP) is 2.61. The number of carboxylic acid groups (broad SMARTS) is 1. The minimum Gasteiger partial charge on any atom is -0.504 e. The first-order valence-corrected chi connectivity index (χ1v) is 7.93. The number of methoxy groups -OCH3 is 1. The van der Waals surface area contributed by atoms with Gasteiger partial charge >= 0.3 is 5.97 Å². The summed E-state index contributed by atoms with van der Waals surface area (Å²) in [7, 11) is 1.40. The van der Waals surface area contributed by atoms with Gasteiger partial charge in [-0.3, -0.25) is 9.59 Å². The van der Waals surface area contributed by atoms with Crippen LogP contribution in [0.3, 0.4) is 0 Å². The van der Waals surface area contributed by atoms with E-state index in [2.05, 4.69) is 5.32 Å². The van der Waals surface area contributed by atoms with Crippen LogP contribution in [-0.2, 0) is 11.2 Å². The van der Waals surface area contributed by atoms with Gasteiger partial charge in [0.05, 0.1) is 12.7 Å². The van der Waals surface area contributed by atoms with Crippen molar-refractivity contribution >= 4 is 11.9 Å². The maximum Gasteiger partial charge on any atom is 0.303 e. The van der Waals surface area contributed by atoms with Crippen molar-refractivity contribution in [1.29, 1.82) is 0 Å². The van der Waals surface area contributed by atoms with Crippen molar-refractivity contribution in [3.8, 4) is 11.5 Å². The maximum absolute atomic E-state index is 12.5. The number of carbonyl (C=O) groups excluding carboxylic acids is 1. The van der Waals surface area contributed by atoms with E-state index >= 15 is 0 Å². The average Bonchev–Trinajstić information content (AvgIpc) is 2.60. The molecule has 0 aliphatic carbocycles. The molecule has 6 heteroatoms. The lowest BCUT2D eigenvalue weighted by Gasteiger charge is -2.19. The SMILES string of the molecule is COc1cccc(C(=O)NC(CCC(=O)O)Cc2ccccc2)c1O. The van der Waals surface area contributed by atoms with Gasteiger partial charge in [-0.2, -0.15) is 0 Å². The van der Waals surface area contributed by atoms with Crippen LogP contribution in [0.25, 0.3) is 0 Å². The van der Waals surface area contributed by atoms with E-state index in [1.807, 2.05) is 30.3 Å². The van der Waals surface area contributed by atoms with E-state index in [0.717, 1.165) is 5.56 Å². The average molecular weight is 343 g/mol. The number of amides is 1. The van der Waals surface area contributed by atoms with Crippen LogP contribution in [0.5, 0.6) is 11.5 Å². The molecule has 1 unspecified atom stereocenters. The number of aromatic hydroxyl groups is 1. The van der Waals surface area contributed by atoms with E-state index in [4.69, 9.17) is 9.84 Å². The summed E-state index contributed by atoms with van der Waals surface area (Å²) in [5.74, 6) is -1.42. The van der Waals surface area contributed by atoms with Gasteiger partial charge in [-0.1, -0.05) is 36.4 Å². The fraction of sp³-hybridized carbons (Fsp3) is 0.263. The topological polar surface area (TPSA) is 95.9 Å². The third-order valence-electron chi connectivity index (χ3n) is 3.83. The van der Waals surface area contributed by atoms with Crippen LogP contribution in [0.2, 0.25) is 0 Å². The summed E-state index contributed by atoms with van der Waals surface area (Å²) in [5.41, 5.74) is 1.08. The van der Waals surface area contributed by atoms with Crippen molar-refractivity contribution < 1.29 is 24.5 Å². The first kappa shape index (κ1) is 18.3. The van der Waals surface area contributed by atoms with Crippen LogP contribution in [0.4, 0.5) is 0 Å². The molecule has 0 saturated carbocycles. The molecule has 6 nitrogen and oxygen atoms in total. The van der Waals surface area contributed by atoms with Gasteiger partial charge < -0.3 is 20.3 Å². The minimum atomic E-state index is -0.920. The van der Waals surface area contributed by atoms with Crippen molar-refractivity contribution in [3.05, 3.63) is 59.7 Å². The number of benzene rings is 2. The molecule has 2 rings (SSSR count). The van der Waals surface area contributed by atoms with Gasteiger partial charge in [-0.25, -0.2) is 0 Å². The van der Waals surface area contributed by atoms with Gasteiger partial charge in [0.1, 0.15) is 0 Å². The van der Waals surface area contributed by atoms with Gasteiger partial charge in [0.25, 0.3) is 5.91 Å². The van der Waals surface area contributed by atoms with Crippen LogP contribution in [-0.4, -0.2) is 35.2 Å². The Labute approximate surface area is 146 Å². The quantitative estimate of drug-likeness (QED) is 0.685. The number of hydrogen-bond acceptors (Lipinski definition) is 4. The Morgan fingerprint density at radius 1 is 1.12 bits per heavy atom. The van der Waals surface area contributed by atoms with Crippen molar-refractivity contribution in [1.82, 2.24) is 5.32 Å². The summed E-state index contributed by atoms with van der Waals surface area (Å²) in [6.45, 7) is 0. The Balaban J connectivity index is 2.14. The summed E-state index contributed by atoms with van der Waals surface area (Å²) in [4.78, 5) is 23.4. The molecule has 132 valence electrons. The highest BCUT2D eigenvalue weighted by atomic mass is 16.5. The molecule has 0 aromatic heterocycles. The normalized spacial score (nSPS) is 11.6. The number of ether oxygens (including phenoxy) is 1. The van der Waals surface area contributed by atoms with E-state index in [9.17, 15) is 14.7 Å². The van der Waals surface area contributed by atoms with Crippen molar-refractivity contribution in [3.63, 3.8) is 0 Å². The second-order valence-electron chi connectivity index (χ2n) is 5.65. The number of phenolic OH excluding ortho intramolecular Hbond substituents is 1. The number of carbonyl (C=O) groups is 2. The highest BCUT2D eigenvalue weighted by Gasteiger charge is 2.19. The molecule has 0 radical (unpaired) electrons. The number of carboxylic acids is 1. The zero-order valence-electron chi connectivity index (χ0n) is 13.9. The van der Waals surface area contributed by atoms with E-state index in [-0.39, 0.29) is 29.5 Å². The zero-order chi connectivity index (χ0) is 18.2. The molecule has 0 bridgehead atoms. The molecule has 3 N–H and O–H groups in total. The molecule has 1 atom stereocenters. The fourth-order valence-corrected chi connectivity index (χ4v) is 2.55. The lowest BCUT2D eigenvalue weighted by Crippen LogP contribution is -2.37. The summed E-state index contributed by atoms with van der Waals surface area (Å²) in [6, 6.07) is 13.8. The van der Waals surface area contributed by atoms with Gasteiger partial charge in [0.2, 0.25) is 0 Å². The Bertz CT molecular complexity index is 730. The standard InChI is InChI=1S/C19H21NO5/c1-25-16-9-5-8-15(18(16)23)19(24)20-14(10-11-17(21)22)12-13-6-3-2-4-7-13/h2-9,14,23H,10-12H2,1H3,(H,20,24)(H,21,22). The molecule has 0 aliphatic rings. The minimum absolute atomic E-state index is 0.0537. The van der Waals surface area contributed by atoms with Crippen LogP contribution < -0.4 is 10.1 Å². The third kappa shape index (κ3) is 5.24. The highest BCUT2D eigenvalue weighted by Crippen LogP contribution is 2.29. The van der Waals surface area contributed by atoms with E-state index in [1.165, 1.54) is 13.2 Å². The molecule has 1 amide bonds. The molecular weight excluding hydrogens is 322 g/mol. The lowest BCUT2D eigenvalue weighted by atomic mass is 10.0. The number of phenols is 1. The number of para-hydroxylation sites is 1. The molecular formula is C19H21NO5. The number of aliphatic carboxylic acids is 1. The van der Waals surface area contributed by atoms with Crippen LogP contribution in [0.15, 0.2) is 48.5 Å². The molecule has 0 aliphatic heterocycles. The smallest absolute Gasteiger partial charge is 0.303 e. The Kier molecular flexibility index (Phi) is 6.39. The third-order valence-corrected chi connectivity index (χ3v) is 3.83. The predicted molar refractivity (Wildman–Crippen MR) is 92.9 cm³/mol. The van der Waals surface area contributed by atoms with Gasteiger partial charge in [0.15, 0.2) is 11.5 Å². The van der Waals surface area contributed by atoms with Crippen LogP contribution in [0, 0.1) is 0 Å². The van der Waals surface area contributed by atoms with E-state index in [0.29, 0.717) is 12.8 Å². The second-order valence-corrected chi connectivity index (χ2v) is 5.65. The fourth-order valence-electron chi connectivity index (χ4n) is 2.55. The number of rotatable bonds is 8. The van der Waals surface area contributed by atoms with E-state index < -0.39 is 11.9 Å². The Morgan fingerprint density at radius 3 is 2.48 bits per heavy atom. The summed E-state index contributed by atoms with van der Waals surface area (Å²) >= 11 is 0. The van der Waals surface area contributed by atoms with Crippen molar-refractivity contribution in [2.24, 2.45) is 0 Å². The van der Waals surface area contributed by atoms with Crippen LogP contribution in [0.1, 0.15) is 28.8 Å². The van der Waals surface area contributed by atoms with Gasteiger partial charge in [-0.05, 0) is 30.5 Å². The molecule has 25 heavy (non-hydrogen) atoms. The molecule has 0 saturated heterocycles. The van der Waals surface area contributed by atoms with Crippen molar-refractivity contribution in [2.45, 2.75) is 25.3 Å². The summed E-state index contributed by atoms with van der Waals surface area (Å²) < 4.78 is 5.01. The Morgan fingerprint density at radius 2 is 1.84 bits per heavy atom. The van der Waals surface area contributed by atoms with E-state index in [1.54, 1.807) is 12.1 Å². The zero-order valence-corrected chi connectivity index (χ0v) is 13.9.